The first-order valence-electron chi connectivity index (χ1n) is 10.5. The summed E-state index contributed by atoms with van der Waals surface area (Å²) >= 11 is 0. The summed E-state index contributed by atoms with van der Waals surface area (Å²) in [5.41, 5.74) is 3.96. The van der Waals surface area contributed by atoms with Crippen molar-refractivity contribution in [1.29, 1.82) is 0 Å². The summed E-state index contributed by atoms with van der Waals surface area (Å²) in [5.74, 6) is 2.76. The minimum absolute atomic E-state index is 0.179. The van der Waals surface area contributed by atoms with Crippen molar-refractivity contribution in [3.05, 3.63) is 59.2 Å². The van der Waals surface area contributed by atoms with Gasteiger partial charge in [0, 0.05) is 37.8 Å². The van der Waals surface area contributed by atoms with Gasteiger partial charge in [-0.05, 0) is 55.9 Å². The lowest BCUT2D eigenvalue weighted by Gasteiger charge is -2.35. The molecule has 0 radical (unpaired) electrons. The summed E-state index contributed by atoms with van der Waals surface area (Å²) < 4.78 is 11.7. The topological polar surface area (TPSA) is 33.7 Å². The number of para-hydroxylation sites is 1. The molecule has 2 aromatic rings. The first-order valence-corrected chi connectivity index (χ1v) is 10.5. The van der Waals surface area contributed by atoms with Gasteiger partial charge in [-0.3, -0.25) is 4.90 Å². The zero-order valence-electron chi connectivity index (χ0n) is 17.3. The van der Waals surface area contributed by atoms with E-state index in [0.29, 0.717) is 5.92 Å². The second kappa shape index (κ2) is 8.54. The van der Waals surface area contributed by atoms with Crippen LogP contribution >= 0.6 is 0 Å². The monoisotopic (exact) mass is 380 g/mol. The molecule has 4 nitrogen and oxygen atoms in total. The van der Waals surface area contributed by atoms with E-state index in [1.54, 1.807) is 7.11 Å². The number of hydrogen-bond donors (Lipinski definition) is 1. The smallest absolute Gasteiger partial charge is 0.124 e. The van der Waals surface area contributed by atoms with E-state index < -0.39 is 0 Å². The molecule has 1 saturated carbocycles. The predicted octanol–water partition coefficient (Wildman–Crippen LogP) is 4.51. The average molecular weight is 381 g/mol. The largest absolute Gasteiger partial charge is 0.496 e. The summed E-state index contributed by atoms with van der Waals surface area (Å²) in [4.78, 5) is 2.53. The molecule has 2 aromatic carbocycles. The molecule has 1 aliphatic carbocycles. The number of ether oxygens (including phenoxy) is 2. The van der Waals surface area contributed by atoms with E-state index in [-0.39, 0.29) is 12.1 Å². The van der Waals surface area contributed by atoms with Gasteiger partial charge in [-0.15, -0.1) is 0 Å². The van der Waals surface area contributed by atoms with E-state index in [0.717, 1.165) is 37.7 Å². The van der Waals surface area contributed by atoms with Crippen molar-refractivity contribution in [2.24, 2.45) is 0 Å². The van der Waals surface area contributed by atoms with Crippen LogP contribution in [0.2, 0.25) is 0 Å². The van der Waals surface area contributed by atoms with Gasteiger partial charge in [0.2, 0.25) is 0 Å². The second-order valence-electron chi connectivity index (χ2n) is 8.30. The standard InChI is InChI=1S/C24H32N2O2/c1-17(2)28-23-7-5-4-6-21(23)22-16-26(13-12-25-22)15-18-8-11-20(19-9-10-19)24(14-18)27-3/h4-8,11,14,17,19,22,25H,9-10,12-13,15-16H2,1-3H3/t22-/m1/s1. The summed E-state index contributed by atoms with van der Waals surface area (Å²) in [7, 11) is 1.79. The Bertz CT molecular complexity index is 801. The van der Waals surface area contributed by atoms with Crippen LogP contribution in [0.15, 0.2) is 42.5 Å². The Morgan fingerprint density at radius 3 is 2.64 bits per heavy atom. The molecule has 150 valence electrons. The molecule has 1 saturated heterocycles. The van der Waals surface area contributed by atoms with Crippen LogP contribution in [0.3, 0.4) is 0 Å². The number of nitrogens with zero attached hydrogens (tertiary/aromatic N) is 1. The van der Waals surface area contributed by atoms with Gasteiger partial charge in [-0.1, -0.05) is 30.3 Å². The lowest BCUT2D eigenvalue weighted by atomic mass is 10.0. The van der Waals surface area contributed by atoms with Gasteiger partial charge in [0.15, 0.2) is 0 Å². The molecule has 4 heteroatoms. The lowest BCUT2D eigenvalue weighted by Crippen LogP contribution is -2.45. The zero-order chi connectivity index (χ0) is 19.5. The van der Waals surface area contributed by atoms with Crippen LogP contribution in [0.4, 0.5) is 0 Å². The van der Waals surface area contributed by atoms with E-state index in [9.17, 15) is 0 Å². The minimum Gasteiger partial charge on any atom is -0.496 e. The maximum Gasteiger partial charge on any atom is 0.124 e. The third kappa shape index (κ3) is 4.50. The highest BCUT2D eigenvalue weighted by Crippen LogP contribution is 2.44. The highest BCUT2D eigenvalue weighted by atomic mass is 16.5. The fraction of sp³-hybridized carbons (Fsp3) is 0.500. The molecule has 1 atom stereocenters. The number of methoxy groups -OCH3 is 1. The first kappa shape index (κ1) is 19.3. The molecule has 28 heavy (non-hydrogen) atoms. The lowest BCUT2D eigenvalue weighted by molar-refractivity contribution is 0.186. The maximum absolute atomic E-state index is 6.05. The van der Waals surface area contributed by atoms with Gasteiger partial charge in [-0.2, -0.15) is 0 Å². The van der Waals surface area contributed by atoms with Gasteiger partial charge >= 0.3 is 0 Å². The molecule has 2 aliphatic rings. The van der Waals surface area contributed by atoms with Crippen LogP contribution in [0.25, 0.3) is 0 Å². The molecule has 0 spiro atoms. The summed E-state index contributed by atoms with van der Waals surface area (Å²) in [6.45, 7) is 8.12. The van der Waals surface area contributed by atoms with Crippen LogP contribution in [-0.4, -0.2) is 37.7 Å². The van der Waals surface area contributed by atoms with E-state index >= 15 is 0 Å². The van der Waals surface area contributed by atoms with Crippen LogP contribution < -0.4 is 14.8 Å². The molecule has 0 unspecified atom stereocenters. The number of hydrogen-bond acceptors (Lipinski definition) is 4. The highest BCUT2D eigenvalue weighted by Gasteiger charge is 2.27. The summed E-state index contributed by atoms with van der Waals surface area (Å²) in [6, 6.07) is 15.5. The van der Waals surface area contributed by atoms with Crippen molar-refractivity contribution in [1.82, 2.24) is 10.2 Å². The van der Waals surface area contributed by atoms with Gasteiger partial charge in [0.1, 0.15) is 11.5 Å². The number of rotatable bonds is 7. The molecular weight excluding hydrogens is 348 g/mol. The first-order chi connectivity index (χ1) is 13.6. The molecular formula is C24H32N2O2. The molecule has 0 amide bonds. The Hall–Kier alpha value is -2.04. The van der Waals surface area contributed by atoms with Crippen molar-refractivity contribution in [2.45, 2.75) is 51.3 Å². The van der Waals surface area contributed by atoms with Crippen LogP contribution in [0.1, 0.15) is 55.3 Å². The average Bonchev–Trinajstić information content (AvgIpc) is 3.53. The van der Waals surface area contributed by atoms with Gasteiger partial charge < -0.3 is 14.8 Å². The fourth-order valence-corrected chi connectivity index (χ4v) is 4.14. The number of piperazine rings is 1. The van der Waals surface area contributed by atoms with Crippen molar-refractivity contribution in [2.75, 3.05) is 26.7 Å². The SMILES string of the molecule is COc1cc(CN2CCN[C@@H](c3ccccc3OC(C)C)C2)ccc1C1CC1. The predicted molar refractivity (Wildman–Crippen MR) is 113 cm³/mol. The van der Waals surface area contributed by atoms with E-state index in [1.165, 1.54) is 29.5 Å². The Labute approximate surface area is 168 Å². The summed E-state index contributed by atoms with van der Waals surface area (Å²) in [5, 5.41) is 3.67. The molecule has 1 aliphatic heterocycles. The van der Waals surface area contributed by atoms with Crippen LogP contribution in [-0.2, 0) is 6.54 Å². The zero-order valence-corrected chi connectivity index (χ0v) is 17.3. The van der Waals surface area contributed by atoms with Crippen LogP contribution in [0.5, 0.6) is 11.5 Å². The minimum atomic E-state index is 0.179. The number of nitrogens with one attached hydrogen (secondary N) is 1. The summed E-state index contributed by atoms with van der Waals surface area (Å²) in [6.07, 6.45) is 2.78. The maximum atomic E-state index is 6.05. The third-order valence-corrected chi connectivity index (χ3v) is 5.64. The Morgan fingerprint density at radius 2 is 1.89 bits per heavy atom. The van der Waals surface area contributed by atoms with Gasteiger partial charge in [0.05, 0.1) is 13.2 Å². The normalized spacial score (nSPS) is 20.4. The van der Waals surface area contributed by atoms with E-state index in [4.69, 9.17) is 9.47 Å². The van der Waals surface area contributed by atoms with Crippen molar-refractivity contribution >= 4 is 0 Å². The van der Waals surface area contributed by atoms with E-state index in [2.05, 4.69) is 66.5 Å². The number of benzene rings is 2. The quantitative estimate of drug-likeness (QED) is 0.766. The van der Waals surface area contributed by atoms with E-state index in [1.807, 2.05) is 0 Å². The van der Waals surface area contributed by atoms with Gasteiger partial charge in [0.25, 0.3) is 0 Å². The second-order valence-corrected chi connectivity index (χ2v) is 8.30. The molecule has 2 fully saturated rings. The highest BCUT2D eigenvalue weighted by molar-refractivity contribution is 5.42. The third-order valence-electron chi connectivity index (χ3n) is 5.64. The fourth-order valence-electron chi connectivity index (χ4n) is 4.14. The molecule has 4 rings (SSSR count). The van der Waals surface area contributed by atoms with Gasteiger partial charge in [-0.25, -0.2) is 0 Å². The van der Waals surface area contributed by atoms with Crippen molar-refractivity contribution < 1.29 is 9.47 Å². The van der Waals surface area contributed by atoms with Crippen LogP contribution in [0, 0.1) is 0 Å². The molecule has 0 aromatic heterocycles. The van der Waals surface area contributed by atoms with Crippen molar-refractivity contribution in [3.63, 3.8) is 0 Å². The Balaban J connectivity index is 1.46. The molecule has 1 N–H and O–H groups in total. The molecule has 1 heterocycles. The molecule has 0 bridgehead atoms. The Morgan fingerprint density at radius 1 is 1.07 bits per heavy atom. The Kier molecular flexibility index (Phi) is 5.88. The van der Waals surface area contributed by atoms with Crippen molar-refractivity contribution in [3.8, 4) is 11.5 Å².